The number of aryl methyl sites for hydroxylation is 2. The van der Waals surface area contributed by atoms with Crippen molar-refractivity contribution in [2.24, 2.45) is 11.7 Å². The maximum absolute atomic E-state index is 11.9. The van der Waals surface area contributed by atoms with E-state index in [0.29, 0.717) is 13.2 Å². The van der Waals surface area contributed by atoms with Gasteiger partial charge in [0.05, 0.1) is 6.54 Å². The molecule has 1 amide bonds. The summed E-state index contributed by atoms with van der Waals surface area (Å²) >= 11 is 0. The minimum atomic E-state index is 0.0881. The fourth-order valence-electron chi connectivity index (χ4n) is 2.75. The molecule has 0 aromatic heterocycles. The molecule has 2 atom stereocenters. The highest BCUT2D eigenvalue weighted by Gasteiger charge is 2.27. The molecule has 1 aromatic rings. The Morgan fingerprint density at radius 3 is 2.65 bits per heavy atom. The third-order valence-electron chi connectivity index (χ3n) is 3.90. The Morgan fingerprint density at radius 1 is 1.35 bits per heavy atom. The van der Waals surface area contributed by atoms with Gasteiger partial charge >= 0.3 is 0 Å². The van der Waals surface area contributed by atoms with Gasteiger partial charge in [-0.15, -0.1) is 0 Å². The van der Waals surface area contributed by atoms with Crippen molar-refractivity contribution in [3.63, 3.8) is 0 Å². The molecule has 0 heterocycles. The Kier molecular flexibility index (Phi) is 5.01. The van der Waals surface area contributed by atoms with E-state index in [-0.39, 0.29) is 17.9 Å². The fraction of sp³-hybridized carbons (Fsp3) is 0.562. The molecular formula is C16H24N2O2. The molecule has 20 heavy (non-hydrogen) atoms. The zero-order valence-electron chi connectivity index (χ0n) is 12.3. The summed E-state index contributed by atoms with van der Waals surface area (Å²) in [6, 6.07) is 6.27. The summed E-state index contributed by atoms with van der Waals surface area (Å²) in [5.41, 5.74) is 8.07. The smallest absolute Gasteiger partial charge is 0.223 e. The second kappa shape index (κ2) is 6.75. The first-order valence-electron chi connectivity index (χ1n) is 7.30. The molecule has 0 saturated heterocycles. The van der Waals surface area contributed by atoms with Crippen LogP contribution in [0.2, 0.25) is 0 Å². The largest absolute Gasteiger partial charge is 0.491 e. The minimum Gasteiger partial charge on any atom is -0.491 e. The molecule has 0 aliphatic heterocycles. The maximum atomic E-state index is 11.9. The van der Waals surface area contributed by atoms with E-state index in [1.165, 1.54) is 0 Å². The lowest BCUT2D eigenvalue weighted by Crippen LogP contribution is -2.33. The summed E-state index contributed by atoms with van der Waals surface area (Å²) in [5.74, 6) is 1.12. The number of para-hydroxylation sites is 1. The Bertz CT molecular complexity index is 453. The first kappa shape index (κ1) is 14.9. The molecule has 1 fully saturated rings. The predicted molar refractivity (Wildman–Crippen MR) is 79.7 cm³/mol. The Balaban J connectivity index is 1.73. The zero-order chi connectivity index (χ0) is 14.5. The van der Waals surface area contributed by atoms with E-state index >= 15 is 0 Å². The number of rotatable bonds is 5. The zero-order valence-corrected chi connectivity index (χ0v) is 12.3. The topological polar surface area (TPSA) is 64.3 Å². The van der Waals surface area contributed by atoms with Crippen LogP contribution in [0.25, 0.3) is 0 Å². The highest BCUT2D eigenvalue weighted by Crippen LogP contribution is 2.24. The molecule has 110 valence electrons. The first-order valence-corrected chi connectivity index (χ1v) is 7.30. The van der Waals surface area contributed by atoms with Gasteiger partial charge in [-0.3, -0.25) is 4.79 Å². The Morgan fingerprint density at radius 2 is 2.05 bits per heavy atom. The molecular weight excluding hydrogens is 252 g/mol. The van der Waals surface area contributed by atoms with Crippen LogP contribution in [0.1, 0.15) is 30.4 Å². The van der Waals surface area contributed by atoms with Gasteiger partial charge in [-0.25, -0.2) is 0 Å². The van der Waals surface area contributed by atoms with Crippen LogP contribution in [0.3, 0.4) is 0 Å². The minimum absolute atomic E-state index is 0.0881. The van der Waals surface area contributed by atoms with Crippen LogP contribution in [0.15, 0.2) is 18.2 Å². The summed E-state index contributed by atoms with van der Waals surface area (Å²) < 4.78 is 5.76. The van der Waals surface area contributed by atoms with Crippen LogP contribution in [-0.4, -0.2) is 25.1 Å². The highest BCUT2D eigenvalue weighted by molar-refractivity contribution is 5.78. The van der Waals surface area contributed by atoms with Crippen LogP contribution < -0.4 is 15.8 Å². The predicted octanol–water partition coefficient (Wildman–Crippen LogP) is 1.93. The van der Waals surface area contributed by atoms with Crippen LogP contribution >= 0.6 is 0 Å². The maximum Gasteiger partial charge on any atom is 0.223 e. The average molecular weight is 276 g/mol. The summed E-state index contributed by atoms with van der Waals surface area (Å²) in [5, 5.41) is 2.93. The molecule has 1 aliphatic rings. The summed E-state index contributed by atoms with van der Waals surface area (Å²) in [6.07, 6.45) is 2.67. The third kappa shape index (κ3) is 3.73. The van der Waals surface area contributed by atoms with Crippen molar-refractivity contribution < 1.29 is 9.53 Å². The van der Waals surface area contributed by atoms with E-state index in [0.717, 1.165) is 36.1 Å². The fourth-order valence-corrected chi connectivity index (χ4v) is 2.75. The lowest BCUT2D eigenvalue weighted by molar-refractivity contribution is -0.124. The quantitative estimate of drug-likeness (QED) is 0.808. The van der Waals surface area contributed by atoms with Crippen LogP contribution in [0.4, 0.5) is 0 Å². The van der Waals surface area contributed by atoms with Crippen molar-refractivity contribution in [3.05, 3.63) is 29.3 Å². The van der Waals surface area contributed by atoms with Crippen LogP contribution in [-0.2, 0) is 4.79 Å². The average Bonchev–Trinajstić information content (AvgIpc) is 2.84. The van der Waals surface area contributed by atoms with Gasteiger partial charge in [0.1, 0.15) is 12.4 Å². The molecule has 4 heteroatoms. The monoisotopic (exact) mass is 276 g/mol. The second-order valence-electron chi connectivity index (χ2n) is 5.63. The molecule has 0 bridgehead atoms. The van der Waals surface area contributed by atoms with Gasteiger partial charge in [-0.05, 0) is 44.2 Å². The number of carbonyl (C=O) groups is 1. The van der Waals surface area contributed by atoms with Gasteiger partial charge in [0, 0.05) is 12.0 Å². The summed E-state index contributed by atoms with van der Waals surface area (Å²) in [4.78, 5) is 11.9. The Hall–Kier alpha value is -1.55. The van der Waals surface area contributed by atoms with E-state index in [1.54, 1.807) is 0 Å². The summed E-state index contributed by atoms with van der Waals surface area (Å²) in [7, 11) is 0. The molecule has 4 nitrogen and oxygen atoms in total. The molecule has 3 N–H and O–H groups in total. The molecule has 1 aliphatic carbocycles. The van der Waals surface area contributed by atoms with E-state index in [4.69, 9.17) is 10.5 Å². The lowest BCUT2D eigenvalue weighted by Gasteiger charge is -2.14. The lowest BCUT2D eigenvalue weighted by atomic mass is 10.1. The molecule has 1 saturated carbocycles. The number of amides is 1. The van der Waals surface area contributed by atoms with Crippen LogP contribution in [0.5, 0.6) is 5.75 Å². The van der Waals surface area contributed by atoms with Crippen molar-refractivity contribution in [3.8, 4) is 5.75 Å². The number of hydrogen-bond donors (Lipinski definition) is 2. The molecule has 2 rings (SSSR count). The number of benzene rings is 1. The van der Waals surface area contributed by atoms with Gasteiger partial charge in [-0.1, -0.05) is 18.2 Å². The van der Waals surface area contributed by atoms with Crippen molar-refractivity contribution in [2.75, 3.05) is 13.2 Å². The number of nitrogens with two attached hydrogens (primary N) is 1. The SMILES string of the molecule is Cc1cccc(C)c1OCCNC(=O)C1CCC(N)C1. The number of carbonyl (C=O) groups excluding carboxylic acids is 1. The van der Waals surface area contributed by atoms with Gasteiger partial charge < -0.3 is 15.8 Å². The molecule has 0 spiro atoms. The van der Waals surface area contributed by atoms with Crippen molar-refractivity contribution in [1.29, 1.82) is 0 Å². The standard InChI is InChI=1S/C16H24N2O2/c1-11-4-3-5-12(2)15(11)20-9-8-18-16(19)13-6-7-14(17)10-13/h3-5,13-14H,6-10,17H2,1-2H3,(H,18,19). The van der Waals surface area contributed by atoms with Crippen molar-refractivity contribution >= 4 is 5.91 Å². The normalized spacial score (nSPS) is 21.8. The van der Waals surface area contributed by atoms with E-state index in [1.807, 2.05) is 32.0 Å². The van der Waals surface area contributed by atoms with E-state index in [9.17, 15) is 4.79 Å². The van der Waals surface area contributed by atoms with Gasteiger partial charge in [-0.2, -0.15) is 0 Å². The van der Waals surface area contributed by atoms with Crippen LogP contribution in [0, 0.1) is 19.8 Å². The number of ether oxygens (including phenoxy) is 1. The molecule has 2 unspecified atom stereocenters. The summed E-state index contributed by atoms with van der Waals surface area (Å²) in [6.45, 7) is 5.09. The van der Waals surface area contributed by atoms with Crippen molar-refractivity contribution in [1.82, 2.24) is 5.32 Å². The van der Waals surface area contributed by atoms with Gasteiger partial charge in [0.15, 0.2) is 0 Å². The molecule has 0 radical (unpaired) electrons. The first-order chi connectivity index (χ1) is 9.58. The molecule has 1 aromatic carbocycles. The van der Waals surface area contributed by atoms with Gasteiger partial charge in [0.2, 0.25) is 5.91 Å². The second-order valence-corrected chi connectivity index (χ2v) is 5.63. The number of nitrogens with one attached hydrogen (secondary N) is 1. The van der Waals surface area contributed by atoms with Gasteiger partial charge in [0.25, 0.3) is 0 Å². The van der Waals surface area contributed by atoms with E-state index in [2.05, 4.69) is 5.32 Å². The van der Waals surface area contributed by atoms with Crippen molar-refractivity contribution in [2.45, 2.75) is 39.2 Å². The third-order valence-corrected chi connectivity index (χ3v) is 3.90. The Labute approximate surface area is 120 Å². The number of hydrogen-bond acceptors (Lipinski definition) is 3. The highest BCUT2D eigenvalue weighted by atomic mass is 16.5. The van der Waals surface area contributed by atoms with E-state index < -0.39 is 0 Å².